The molecule has 1 N–H and O–H groups in total. The van der Waals surface area contributed by atoms with Gasteiger partial charge < -0.3 is 10.1 Å². The normalized spacial score (nSPS) is 10.7. The number of esters is 1. The smallest absolute Gasteiger partial charge is 0.305 e. The van der Waals surface area contributed by atoms with Crippen LogP contribution in [0.2, 0.25) is 0 Å². The van der Waals surface area contributed by atoms with Gasteiger partial charge in [-0.25, -0.2) is 0 Å². The zero-order valence-corrected chi connectivity index (χ0v) is 10.3. The molecule has 3 nitrogen and oxygen atoms in total. The molecule has 0 saturated carbocycles. The van der Waals surface area contributed by atoms with Crippen LogP contribution in [0.25, 0.3) is 0 Å². The lowest BCUT2D eigenvalue weighted by Crippen LogP contribution is -2.23. The number of hydrogen-bond donors (Lipinski definition) is 1. The summed E-state index contributed by atoms with van der Waals surface area (Å²) in [6.45, 7) is 8.75. The van der Waals surface area contributed by atoms with Crippen LogP contribution >= 0.6 is 0 Å². The third kappa shape index (κ3) is 11.4. The van der Waals surface area contributed by atoms with E-state index in [0.29, 0.717) is 13.0 Å². The van der Waals surface area contributed by atoms with E-state index in [1.54, 1.807) is 0 Å². The Morgan fingerprint density at radius 1 is 1.33 bits per heavy atom. The molecule has 0 fully saturated rings. The minimum absolute atomic E-state index is 0.0671. The number of ether oxygens (including phenoxy) is 1. The van der Waals surface area contributed by atoms with Crippen molar-refractivity contribution in [1.29, 1.82) is 0 Å². The van der Waals surface area contributed by atoms with E-state index in [-0.39, 0.29) is 5.97 Å². The first-order chi connectivity index (χ1) is 7.16. The minimum atomic E-state index is -0.0671. The largest absolute Gasteiger partial charge is 0.464 e. The number of carbonyl (C=O) groups is 1. The molecule has 15 heavy (non-hydrogen) atoms. The standard InChI is InChI=1S/C12H25NO2/c1-4-5-6-12(14)15-10-9-13-8-7-11(2)3/h11,13H,4-10H2,1-3H3. The lowest BCUT2D eigenvalue weighted by molar-refractivity contribution is -0.143. The summed E-state index contributed by atoms with van der Waals surface area (Å²) in [6, 6.07) is 0. The Labute approximate surface area is 93.6 Å². The zero-order valence-electron chi connectivity index (χ0n) is 10.3. The maximum absolute atomic E-state index is 11.1. The van der Waals surface area contributed by atoms with Gasteiger partial charge in [-0.1, -0.05) is 27.2 Å². The third-order valence-corrected chi connectivity index (χ3v) is 2.17. The highest BCUT2D eigenvalue weighted by Gasteiger charge is 2.00. The molecular formula is C12H25NO2. The van der Waals surface area contributed by atoms with Crippen molar-refractivity contribution in [3.63, 3.8) is 0 Å². The summed E-state index contributed by atoms with van der Waals surface area (Å²) >= 11 is 0. The van der Waals surface area contributed by atoms with Crippen LogP contribution in [-0.4, -0.2) is 25.7 Å². The summed E-state index contributed by atoms with van der Waals surface area (Å²) in [4.78, 5) is 11.1. The first-order valence-corrected chi connectivity index (χ1v) is 6.03. The number of carbonyl (C=O) groups excluding carboxylic acids is 1. The Hall–Kier alpha value is -0.570. The second-order valence-corrected chi connectivity index (χ2v) is 4.26. The van der Waals surface area contributed by atoms with Crippen LogP contribution in [0.15, 0.2) is 0 Å². The second kappa shape index (κ2) is 9.97. The van der Waals surface area contributed by atoms with Crippen molar-refractivity contribution >= 4 is 5.97 Å². The maximum atomic E-state index is 11.1. The van der Waals surface area contributed by atoms with E-state index >= 15 is 0 Å². The van der Waals surface area contributed by atoms with E-state index in [9.17, 15) is 4.79 Å². The van der Waals surface area contributed by atoms with Gasteiger partial charge in [-0.15, -0.1) is 0 Å². The highest BCUT2D eigenvalue weighted by molar-refractivity contribution is 5.69. The van der Waals surface area contributed by atoms with Gasteiger partial charge in [-0.3, -0.25) is 4.79 Å². The lowest BCUT2D eigenvalue weighted by Gasteiger charge is -2.07. The number of hydrogen-bond acceptors (Lipinski definition) is 3. The summed E-state index contributed by atoms with van der Waals surface area (Å²) in [5, 5.41) is 3.25. The molecule has 0 unspecified atom stereocenters. The van der Waals surface area contributed by atoms with Gasteiger partial charge in [0, 0.05) is 13.0 Å². The molecule has 0 aromatic rings. The van der Waals surface area contributed by atoms with Crippen LogP contribution in [0.4, 0.5) is 0 Å². The highest BCUT2D eigenvalue weighted by Crippen LogP contribution is 1.97. The SMILES string of the molecule is CCCCC(=O)OCCNCCC(C)C. The fraction of sp³-hybridized carbons (Fsp3) is 0.917. The predicted molar refractivity (Wildman–Crippen MR) is 62.8 cm³/mol. The molecule has 0 radical (unpaired) electrons. The fourth-order valence-electron chi connectivity index (χ4n) is 1.15. The average Bonchev–Trinajstić information content (AvgIpc) is 2.19. The second-order valence-electron chi connectivity index (χ2n) is 4.26. The molecule has 0 rings (SSSR count). The predicted octanol–water partition coefficient (Wildman–Crippen LogP) is 2.36. The van der Waals surface area contributed by atoms with Crippen LogP contribution in [0.3, 0.4) is 0 Å². The average molecular weight is 215 g/mol. The van der Waals surface area contributed by atoms with Crippen molar-refractivity contribution in [2.75, 3.05) is 19.7 Å². The first-order valence-electron chi connectivity index (χ1n) is 6.03. The molecule has 0 bridgehead atoms. The van der Waals surface area contributed by atoms with Gasteiger partial charge in [-0.2, -0.15) is 0 Å². The maximum Gasteiger partial charge on any atom is 0.305 e. The molecule has 0 spiro atoms. The molecule has 0 saturated heterocycles. The molecule has 0 atom stereocenters. The van der Waals surface area contributed by atoms with Gasteiger partial charge in [-0.05, 0) is 25.3 Å². The van der Waals surface area contributed by atoms with Crippen molar-refractivity contribution in [1.82, 2.24) is 5.32 Å². The quantitative estimate of drug-likeness (QED) is 0.474. The summed E-state index contributed by atoms with van der Waals surface area (Å²) in [5.41, 5.74) is 0. The van der Waals surface area contributed by atoms with Crippen molar-refractivity contribution < 1.29 is 9.53 Å². The Balaban J connectivity index is 3.13. The number of unbranched alkanes of at least 4 members (excludes halogenated alkanes) is 1. The van der Waals surface area contributed by atoms with Crippen LogP contribution in [0.1, 0.15) is 46.5 Å². The van der Waals surface area contributed by atoms with Gasteiger partial charge in [0.1, 0.15) is 6.61 Å². The topological polar surface area (TPSA) is 38.3 Å². The highest BCUT2D eigenvalue weighted by atomic mass is 16.5. The molecule has 0 aliphatic rings. The van der Waals surface area contributed by atoms with Crippen molar-refractivity contribution in [3.8, 4) is 0 Å². The molecule has 3 heteroatoms. The molecule has 0 heterocycles. The lowest BCUT2D eigenvalue weighted by atomic mass is 10.1. The van der Waals surface area contributed by atoms with E-state index in [1.165, 1.54) is 6.42 Å². The van der Waals surface area contributed by atoms with Crippen LogP contribution in [-0.2, 0) is 9.53 Å². The summed E-state index contributed by atoms with van der Waals surface area (Å²) in [6.07, 6.45) is 3.70. The van der Waals surface area contributed by atoms with E-state index in [0.717, 1.165) is 31.8 Å². The van der Waals surface area contributed by atoms with Gasteiger partial charge in [0.2, 0.25) is 0 Å². The van der Waals surface area contributed by atoms with E-state index in [1.807, 2.05) is 0 Å². The minimum Gasteiger partial charge on any atom is -0.464 e. The summed E-state index contributed by atoms with van der Waals surface area (Å²) in [7, 11) is 0. The molecular weight excluding hydrogens is 190 g/mol. The Kier molecular flexibility index (Phi) is 9.59. The van der Waals surface area contributed by atoms with E-state index < -0.39 is 0 Å². The van der Waals surface area contributed by atoms with Crippen molar-refractivity contribution in [2.45, 2.75) is 46.5 Å². The molecule has 0 aliphatic heterocycles. The Morgan fingerprint density at radius 2 is 2.07 bits per heavy atom. The molecule has 0 aromatic heterocycles. The van der Waals surface area contributed by atoms with E-state index in [2.05, 4.69) is 26.1 Å². The Bertz CT molecular complexity index is 158. The Morgan fingerprint density at radius 3 is 2.67 bits per heavy atom. The summed E-state index contributed by atoms with van der Waals surface area (Å²) in [5.74, 6) is 0.659. The fourth-order valence-corrected chi connectivity index (χ4v) is 1.15. The van der Waals surface area contributed by atoms with Crippen LogP contribution in [0, 0.1) is 5.92 Å². The molecule has 0 amide bonds. The van der Waals surface area contributed by atoms with Gasteiger partial charge >= 0.3 is 5.97 Å². The van der Waals surface area contributed by atoms with Gasteiger partial charge in [0.25, 0.3) is 0 Å². The first kappa shape index (κ1) is 14.4. The molecule has 0 aromatic carbocycles. The van der Waals surface area contributed by atoms with Crippen LogP contribution < -0.4 is 5.32 Å². The van der Waals surface area contributed by atoms with Crippen molar-refractivity contribution in [2.24, 2.45) is 5.92 Å². The summed E-state index contributed by atoms with van der Waals surface area (Å²) < 4.78 is 5.05. The van der Waals surface area contributed by atoms with Crippen LogP contribution in [0.5, 0.6) is 0 Å². The molecule has 0 aliphatic carbocycles. The van der Waals surface area contributed by atoms with Gasteiger partial charge in [0.05, 0.1) is 0 Å². The monoisotopic (exact) mass is 215 g/mol. The number of nitrogens with one attached hydrogen (secondary N) is 1. The number of rotatable bonds is 9. The van der Waals surface area contributed by atoms with E-state index in [4.69, 9.17) is 4.74 Å². The van der Waals surface area contributed by atoms with Crippen molar-refractivity contribution in [3.05, 3.63) is 0 Å². The zero-order chi connectivity index (χ0) is 11.5. The third-order valence-electron chi connectivity index (χ3n) is 2.17. The van der Waals surface area contributed by atoms with Gasteiger partial charge in [0.15, 0.2) is 0 Å². The molecule has 90 valence electrons.